The lowest BCUT2D eigenvalue weighted by Gasteiger charge is -2.49. The average molecular weight is 348 g/mol. The molecule has 0 saturated carbocycles. The fourth-order valence-corrected chi connectivity index (χ4v) is 4.91. The van der Waals surface area contributed by atoms with Crippen LogP contribution < -0.4 is 0 Å². The van der Waals surface area contributed by atoms with Crippen LogP contribution in [0.5, 0.6) is 0 Å². The minimum absolute atomic E-state index is 0.109. The predicted molar refractivity (Wildman–Crippen MR) is 112 cm³/mol. The zero-order valence-corrected chi connectivity index (χ0v) is 16.2. The Hall–Kier alpha value is -2.82. The largest absolute Gasteiger partial charge is 0.127 e. The van der Waals surface area contributed by atoms with E-state index in [1.54, 1.807) is 0 Å². The van der Waals surface area contributed by atoms with Crippen molar-refractivity contribution in [2.45, 2.75) is 32.1 Å². The van der Waals surface area contributed by atoms with Gasteiger partial charge in [0.25, 0.3) is 0 Å². The lowest BCUT2D eigenvalue weighted by Crippen LogP contribution is -2.40. The molecule has 6 rings (SSSR count). The fourth-order valence-electron chi connectivity index (χ4n) is 4.91. The van der Waals surface area contributed by atoms with E-state index in [9.17, 15) is 0 Å². The summed E-state index contributed by atoms with van der Waals surface area (Å²) in [7, 11) is 0. The van der Waals surface area contributed by atoms with Crippen molar-refractivity contribution in [2.75, 3.05) is 0 Å². The Morgan fingerprint density at radius 2 is 1.11 bits per heavy atom. The van der Waals surface area contributed by atoms with E-state index in [2.05, 4.69) is 111 Å². The second-order valence-electron chi connectivity index (χ2n) is 8.82. The van der Waals surface area contributed by atoms with Gasteiger partial charge in [-0.1, -0.05) is 93.6 Å². The normalized spacial score (nSPS) is 21.5. The van der Waals surface area contributed by atoms with Gasteiger partial charge in [0.05, 0.1) is 5.41 Å². The molecule has 0 atom stereocenters. The van der Waals surface area contributed by atoms with Gasteiger partial charge in [0.1, 0.15) is 0 Å². The van der Waals surface area contributed by atoms with Crippen molar-refractivity contribution < 1.29 is 0 Å². The van der Waals surface area contributed by atoms with Gasteiger partial charge in [-0.3, -0.25) is 0 Å². The number of rotatable bonds is 1. The highest BCUT2D eigenvalue weighted by Gasteiger charge is 2.50. The minimum Gasteiger partial charge on any atom is -0.127 e. The topological polar surface area (TPSA) is 0 Å². The quantitative estimate of drug-likeness (QED) is 0.435. The average Bonchev–Trinajstić information content (AvgIpc) is 2.67. The standard InChI is InChI=1S/C27H24/c1-26(2,3)17-10-18-27-22-14-7-4-11-19(22)25(20-12-5-8-15-23(20)27)21-13-6-9-16-24(21)27/h4-9,11-18,25H,1-3H3. The second-order valence-corrected chi connectivity index (χ2v) is 8.82. The van der Waals surface area contributed by atoms with E-state index in [-0.39, 0.29) is 10.8 Å². The van der Waals surface area contributed by atoms with Gasteiger partial charge < -0.3 is 0 Å². The molecule has 0 N–H and O–H groups in total. The first-order valence-electron chi connectivity index (χ1n) is 9.75. The molecular weight excluding hydrogens is 324 g/mol. The summed E-state index contributed by atoms with van der Waals surface area (Å²) in [5.41, 5.74) is 11.9. The van der Waals surface area contributed by atoms with Gasteiger partial charge in [-0.05, 0) is 50.9 Å². The van der Waals surface area contributed by atoms with Crippen LogP contribution in [0.25, 0.3) is 0 Å². The summed E-state index contributed by atoms with van der Waals surface area (Å²) in [6.45, 7) is 6.66. The Labute approximate surface area is 161 Å². The first-order chi connectivity index (χ1) is 13.0. The number of hydrogen-bond donors (Lipinski definition) is 0. The Bertz CT molecular complexity index is 985. The zero-order chi connectivity index (χ0) is 18.6. The molecule has 3 aromatic rings. The fraction of sp³-hybridized carbons (Fsp3) is 0.222. The highest BCUT2D eigenvalue weighted by atomic mass is 14.5. The van der Waals surface area contributed by atoms with Crippen molar-refractivity contribution >= 4 is 0 Å². The Kier molecular flexibility index (Phi) is 3.39. The van der Waals surface area contributed by atoms with Crippen LogP contribution in [0.1, 0.15) is 60.1 Å². The smallest absolute Gasteiger partial charge is 0.0714 e. The lowest BCUT2D eigenvalue weighted by atomic mass is 9.53. The molecule has 3 aliphatic carbocycles. The SMILES string of the molecule is CC(C)(C)C=C=CC12c3ccccc3C(c3ccccc31)c1ccccc12. The van der Waals surface area contributed by atoms with Crippen LogP contribution in [-0.4, -0.2) is 0 Å². The maximum absolute atomic E-state index is 3.58. The zero-order valence-electron chi connectivity index (χ0n) is 16.2. The monoisotopic (exact) mass is 348 g/mol. The molecule has 0 fully saturated rings. The van der Waals surface area contributed by atoms with Crippen molar-refractivity contribution in [3.05, 3.63) is 124 Å². The van der Waals surface area contributed by atoms with Crippen molar-refractivity contribution in [1.29, 1.82) is 0 Å². The van der Waals surface area contributed by atoms with E-state index in [4.69, 9.17) is 0 Å². The van der Waals surface area contributed by atoms with Crippen LogP contribution >= 0.6 is 0 Å². The Morgan fingerprint density at radius 1 is 0.704 bits per heavy atom. The molecule has 0 unspecified atom stereocenters. The maximum atomic E-state index is 3.58. The van der Waals surface area contributed by atoms with Gasteiger partial charge in [-0.25, -0.2) is 0 Å². The molecule has 0 nitrogen and oxygen atoms in total. The summed E-state index contributed by atoms with van der Waals surface area (Å²) in [5, 5.41) is 0. The molecular formula is C27H24. The van der Waals surface area contributed by atoms with Gasteiger partial charge in [0.15, 0.2) is 0 Å². The molecule has 0 aliphatic heterocycles. The van der Waals surface area contributed by atoms with Gasteiger partial charge >= 0.3 is 0 Å². The molecule has 2 bridgehead atoms. The van der Waals surface area contributed by atoms with Gasteiger partial charge in [0.2, 0.25) is 0 Å². The predicted octanol–water partition coefficient (Wildman–Crippen LogP) is 6.59. The Balaban J connectivity index is 1.92. The summed E-state index contributed by atoms with van der Waals surface area (Å²) >= 11 is 0. The first-order valence-corrected chi connectivity index (χ1v) is 9.75. The summed E-state index contributed by atoms with van der Waals surface area (Å²) in [4.78, 5) is 0. The maximum Gasteiger partial charge on any atom is 0.0714 e. The van der Waals surface area contributed by atoms with Gasteiger partial charge in [0, 0.05) is 5.92 Å². The van der Waals surface area contributed by atoms with Crippen LogP contribution in [0.3, 0.4) is 0 Å². The number of hydrogen-bond acceptors (Lipinski definition) is 0. The van der Waals surface area contributed by atoms with Crippen molar-refractivity contribution in [1.82, 2.24) is 0 Å². The molecule has 3 aliphatic rings. The molecule has 0 radical (unpaired) electrons. The van der Waals surface area contributed by atoms with Crippen LogP contribution in [0, 0.1) is 5.41 Å². The third-order valence-electron chi connectivity index (χ3n) is 5.91. The molecule has 0 heterocycles. The van der Waals surface area contributed by atoms with E-state index in [1.807, 2.05) is 0 Å². The van der Waals surface area contributed by atoms with Crippen molar-refractivity contribution in [3.63, 3.8) is 0 Å². The first kappa shape index (κ1) is 16.4. The molecule has 0 spiro atoms. The van der Waals surface area contributed by atoms with Crippen molar-refractivity contribution in [2.24, 2.45) is 5.41 Å². The van der Waals surface area contributed by atoms with E-state index >= 15 is 0 Å². The van der Waals surface area contributed by atoms with Gasteiger partial charge in [-0.15, -0.1) is 5.73 Å². The minimum atomic E-state index is -0.264. The van der Waals surface area contributed by atoms with Crippen LogP contribution in [0.15, 0.2) is 90.7 Å². The summed E-state index contributed by atoms with van der Waals surface area (Å²) in [6, 6.07) is 26.9. The van der Waals surface area contributed by atoms with E-state index in [0.29, 0.717) is 5.92 Å². The Morgan fingerprint density at radius 3 is 1.52 bits per heavy atom. The molecule has 0 heteroatoms. The van der Waals surface area contributed by atoms with Crippen LogP contribution in [0.2, 0.25) is 0 Å². The second kappa shape index (κ2) is 5.59. The molecule has 0 amide bonds. The molecule has 0 saturated heterocycles. The summed E-state index contributed by atoms with van der Waals surface area (Å²) in [6.07, 6.45) is 4.50. The van der Waals surface area contributed by atoms with Crippen LogP contribution in [0.4, 0.5) is 0 Å². The number of allylic oxidation sites excluding steroid dienone is 1. The van der Waals surface area contributed by atoms with E-state index in [1.165, 1.54) is 33.4 Å². The lowest BCUT2D eigenvalue weighted by molar-refractivity contribution is 0.544. The highest BCUT2D eigenvalue weighted by molar-refractivity contribution is 5.73. The van der Waals surface area contributed by atoms with E-state index in [0.717, 1.165) is 0 Å². The molecule has 3 aromatic carbocycles. The number of benzene rings is 3. The van der Waals surface area contributed by atoms with Crippen molar-refractivity contribution in [3.8, 4) is 0 Å². The third kappa shape index (κ3) is 2.24. The highest BCUT2D eigenvalue weighted by Crippen LogP contribution is 2.59. The third-order valence-corrected chi connectivity index (χ3v) is 5.91. The molecule has 27 heavy (non-hydrogen) atoms. The summed E-state index contributed by atoms with van der Waals surface area (Å²) < 4.78 is 0. The van der Waals surface area contributed by atoms with Crippen LogP contribution in [-0.2, 0) is 5.41 Å². The van der Waals surface area contributed by atoms with E-state index < -0.39 is 0 Å². The summed E-state index contributed by atoms with van der Waals surface area (Å²) in [5.74, 6) is 0.329. The molecule has 132 valence electrons. The van der Waals surface area contributed by atoms with Gasteiger partial charge in [-0.2, -0.15) is 0 Å². The molecule has 0 aromatic heterocycles.